The van der Waals surface area contributed by atoms with E-state index in [-0.39, 0.29) is 11.8 Å². The molecular weight excluding hydrogens is 226 g/mol. The van der Waals surface area contributed by atoms with Crippen LogP contribution < -0.4 is 0 Å². The number of thioether (sulfide) groups is 1. The van der Waals surface area contributed by atoms with Crippen LogP contribution in [-0.4, -0.2) is 31.6 Å². The van der Waals surface area contributed by atoms with E-state index in [9.17, 15) is 4.79 Å². The van der Waals surface area contributed by atoms with Gasteiger partial charge in [0.2, 0.25) is 0 Å². The Balaban J connectivity index is 2.89. The van der Waals surface area contributed by atoms with Crippen molar-refractivity contribution in [3.63, 3.8) is 0 Å². The minimum Gasteiger partial charge on any atom is -0.481 e. The summed E-state index contributed by atoms with van der Waals surface area (Å²) < 4.78 is 2.00. The van der Waals surface area contributed by atoms with E-state index in [1.165, 1.54) is 11.8 Å². The third-order valence-electron chi connectivity index (χ3n) is 2.53. The van der Waals surface area contributed by atoms with Gasteiger partial charge in [-0.1, -0.05) is 25.6 Å². The van der Waals surface area contributed by atoms with Crippen molar-refractivity contribution >= 4 is 17.7 Å². The minimum atomic E-state index is -0.839. The molecule has 90 valence electrons. The van der Waals surface area contributed by atoms with Crippen molar-refractivity contribution in [3.8, 4) is 0 Å². The molecule has 1 atom stereocenters. The number of hydrogen-bond acceptors (Lipinski definition) is 4. The summed E-state index contributed by atoms with van der Waals surface area (Å²) in [7, 11) is 0. The van der Waals surface area contributed by atoms with Gasteiger partial charge in [0.15, 0.2) is 5.16 Å². The molecule has 0 bridgehead atoms. The van der Waals surface area contributed by atoms with Gasteiger partial charge in [-0.05, 0) is 19.8 Å². The summed E-state index contributed by atoms with van der Waals surface area (Å²) in [6.45, 7) is 8.22. The molecule has 0 saturated heterocycles. The number of carbonyl (C=O) groups is 1. The van der Waals surface area contributed by atoms with Gasteiger partial charge in [-0.3, -0.25) is 4.79 Å². The summed E-state index contributed by atoms with van der Waals surface area (Å²) in [5.74, 6) is 0.463. The number of hydrogen-bond donors (Lipinski definition) is 1. The maximum atomic E-state index is 10.5. The summed E-state index contributed by atoms with van der Waals surface area (Å²) in [4.78, 5) is 10.5. The molecule has 16 heavy (non-hydrogen) atoms. The van der Waals surface area contributed by atoms with Crippen LogP contribution in [-0.2, 0) is 4.79 Å². The van der Waals surface area contributed by atoms with Gasteiger partial charge in [-0.2, -0.15) is 0 Å². The van der Waals surface area contributed by atoms with Gasteiger partial charge >= 0.3 is 5.97 Å². The van der Waals surface area contributed by atoms with E-state index in [0.29, 0.717) is 11.1 Å². The molecule has 0 aromatic carbocycles. The molecule has 5 nitrogen and oxygen atoms in total. The van der Waals surface area contributed by atoms with Gasteiger partial charge in [0.1, 0.15) is 5.82 Å². The number of nitrogens with zero attached hydrogens (tertiary/aromatic N) is 3. The summed E-state index contributed by atoms with van der Waals surface area (Å²) in [5.41, 5.74) is 0. The fraction of sp³-hybridized carbons (Fsp3) is 0.700. The molecule has 1 unspecified atom stereocenters. The molecule has 1 N–H and O–H groups in total. The number of rotatable bonds is 5. The lowest BCUT2D eigenvalue weighted by molar-refractivity contribution is -0.133. The van der Waals surface area contributed by atoms with Gasteiger partial charge in [-0.15, -0.1) is 10.2 Å². The van der Waals surface area contributed by atoms with Gasteiger partial charge in [0.25, 0.3) is 0 Å². The van der Waals surface area contributed by atoms with Crippen LogP contribution in [0.15, 0.2) is 5.16 Å². The number of aryl methyl sites for hydroxylation is 1. The molecule has 0 saturated carbocycles. The standard InChI is InChI=1S/C10H17N3O2S/c1-6(2)7(3)13-8(4)11-12-10(13)16-5-9(14)15/h6-7H,5H2,1-4H3,(H,14,15). The Hall–Kier alpha value is -1.04. The predicted molar refractivity (Wildman–Crippen MR) is 62.7 cm³/mol. The average Bonchev–Trinajstić information content (AvgIpc) is 2.55. The first-order valence-electron chi connectivity index (χ1n) is 5.19. The van der Waals surface area contributed by atoms with E-state index in [2.05, 4.69) is 31.0 Å². The molecule has 0 amide bonds. The lowest BCUT2D eigenvalue weighted by atomic mass is 10.1. The molecule has 0 aliphatic carbocycles. The lowest BCUT2D eigenvalue weighted by Crippen LogP contribution is -2.14. The number of carboxylic acids is 1. The Morgan fingerprint density at radius 2 is 2.06 bits per heavy atom. The maximum absolute atomic E-state index is 10.5. The van der Waals surface area contributed by atoms with Crippen molar-refractivity contribution in [1.29, 1.82) is 0 Å². The highest BCUT2D eigenvalue weighted by atomic mass is 32.2. The lowest BCUT2D eigenvalue weighted by Gasteiger charge is -2.20. The van der Waals surface area contributed by atoms with E-state index in [1.807, 2.05) is 11.5 Å². The first-order chi connectivity index (χ1) is 7.43. The van der Waals surface area contributed by atoms with Crippen molar-refractivity contribution in [1.82, 2.24) is 14.8 Å². The van der Waals surface area contributed by atoms with Crippen LogP contribution in [0.3, 0.4) is 0 Å². The summed E-state index contributed by atoms with van der Waals surface area (Å²) in [6, 6.07) is 0.270. The van der Waals surface area contributed by atoms with Crippen molar-refractivity contribution in [2.45, 2.75) is 38.9 Å². The zero-order valence-corrected chi connectivity index (χ0v) is 10.8. The average molecular weight is 243 g/mol. The SMILES string of the molecule is Cc1nnc(SCC(=O)O)n1C(C)C(C)C. The second-order valence-corrected chi connectivity index (χ2v) is 5.01. The molecular formula is C10H17N3O2S. The molecule has 0 radical (unpaired) electrons. The normalized spacial score (nSPS) is 13.1. The highest BCUT2D eigenvalue weighted by Gasteiger charge is 2.18. The second kappa shape index (κ2) is 5.34. The molecule has 1 aromatic heterocycles. The maximum Gasteiger partial charge on any atom is 0.313 e. The molecule has 0 aliphatic heterocycles. The van der Waals surface area contributed by atoms with E-state index < -0.39 is 5.97 Å². The monoisotopic (exact) mass is 243 g/mol. The molecule has 0 aliphatic rings. The first kappa shape index (κ1) is 13.0. The Bertz CT molecular complexity index is 376. The molecule has 0 spiro atoms. The zero-order chi connectivity index (χ0) is 12.3. The van der Waals surface area contributed by atoms with E-state index in [4.69, 9.17) is 5.11 Å². The van der Waals surface area contributed by atoms with Crippen molar-refractivity contribution in [2.24, 2.45) is 5.92 Å². The largest absolute Gasteiger partial charge is 0.481 e. The Morgan fingerprint density at radius 1 is 1.44 bits per heavy atom. The van der Waals surface area contributed by atoms with E-state index >= 15 is 0 Å². The van der Waals surface area contributed by atoms with Gasteiger partial charge < -0.3 is 9.67 Å². The Morgan fingerprint density at radius 3 is 2.56 bits per heavy atom. The van der Waals surface area contributed by atoms with Gasteiger partial charge in [0.05, 0.1) is 5.75 Å². The highest BCUT2D eigenvalue weighted by Crippen LogP contribution is 2.25. The van der Waals surface area contributed by atoms with E-state index in [0.717, 1.165) is 5.82 Å². The second-order valence-electron chi connectivity index (χ2n) is 4.07. The fourth-order valence-corrected chi connectivity index (χ4v) is 2.13. The zero-order valence-electron chi connectivity index (χ0n) is 9.97. The van der Waals surface area contributed by atoms with Crippen LogP contribution >= 0.6 is 11.8 Å². The fourth-order valence-electron chi connectivity index (χ4n) is 1.34. The summed E-state index contributed by atoms with van der Waals surface area (Å²) >= 11 is 1.21. The molecule has 1 rings (SSSR count). The predicted octanol–water partition coefficient (Wildman–Crippen LogP) is 1.98. The van der Waals surface area contributed by atoms with Gasteiger partial charge in [-0.25, -0.2) is 0 Å². The molecule has 6 heteroatoms. The van der Waals surface area contributed by atoms with Crippen LogP contribution in [0.25, 0.3) is 0 Å². The van der Waals surface area contributed by atoms with Crippen molar-refractivity contribution < 1.29 is 9.90 Å². The van der Waals surface area contributed by atoms with Gasteiger partial charge in [0, 0.05) is 6.04 Å². The number of aliphatic carboxylic acids is 1. The van der Waals surface area contributed by atoms with Crippen LogP contribution in [0, 0.1) is 12.8 Å². The number of carboxylic acid groups (broad SMARTS) is 1. The van der Waals surface area contributed by atoms with Crippen LogP contribution in [0.4, 0.5) is 0 Å². The Kier molecular flexibility index (Phi) is 4.35. The smallest absolute Gasteiger partial charge is 0.313 e. The molecule has 1 aromatic rings. The van der Waals surface area contributed by atoms with E-state index in [1.54, 1.807) is 0 Å². The highest BCUT2D eigenvalue weighted by molar-refractivity contribution is 7.99. The quantitative estimate of drug-likeness (QED) is 0.801. The summed E-state index contributed by atoms with van der Waals surface area (Å²) in [6.07, 6.45) is 0. The topological polar surface area (TPSA) is 68.0 Å². The first-order valence-corrected chi connectivity index (χ1v) is 6.18. The minimum absolute atomic E-state index is 0.0168. The summed E-state index contributed by atoms with van der Waals surface area (Å²) in [5, 5.41) is 17.3. The third kappa shape index (κ3) is 2.98. The van der Waals surface area contributed by atoms with Crippen LogP contribution in [0.1, 0.15) is 32.6 Å². The third-order valence-corrected chi connectivity index (χ3v) is 3.46. The van der Waals surface area contributed by atoms with Crippen molar-refractivity contribution in [3.05, 3.63) is 5.82 Å². The molecule has 0 fully saturated rings. The van der Waals surface area contributed by atoms with Crippen LogP contribution in [0.2, 0.25) is 0 Å². The Labute approximate surface area is 99.3 Å². The molecule has 1 heterocycles. The van der Waals surface area contributed by atoms with Crippen molar-refractivity contribution in [2.75, 3.05) is 5.75 Å². The van der Waals surface area contributed by atoms with Crippen LogP contribution in [0.5, 0.6) is 0 Å². The number of aromatic nitrogens is 3.